The molecule has 2 aromatic rings. The summed E-state index contributed by atoms with van der Waals surface area (Å²) < 4.78 is 0. The Morgan fingerprint density at radius 1 is 1.20 bits per heavy atom. The number of hydrogen-bond acceptors (Lipinski definition) is 2. The molecule has 0 amide bonds. The maximum absolute atomic E-state index is 10.4. The van der Waals surface area contributed by atoms with Gasteiger partial charge in [-0.15, -0.1) is 0 Å². The monoisotopic (exact) mass is 197 g/mol. The van der Waals surface area contributed by atoms with Crippen LogP contribution in [0.5, 0.6) is 0 Å². The highest BCUT2D eigenvalue weighted by molar-refractivity contribution is 5.94. The van der Waals surface area contributed by atoms with E-state index < -0.39 is 0 Å². The van der Waals surface area contributed by atoms with Crippen LogP contribution in [0.3, 0.4) is 0 Å². The van der Waals surface area contributed by atoms with Gasteiger partial charge in [0.2, 0.25) is 6.08 Å². The first-order valence-corrected chi connectivity index (χ1v) is 4.95. The quantitative estimate of drug-likeness (QED) is 0.536. The molecule has 0 aliphatic heterocycles. The number of aryl methyl sites for hydroxylation is 1. The zero-order valence-corrected chi connectivity index (χ0v) is 8.53. The molecule has 2 heteroatoms. The van der Waals surface area contributed by atoms with Crippen molar-refractivity contribution in [3.63, 3.8) is 0 Å². The van der Waals surface area contributed by atoms with Gasteiger partial charge in [0.25, 0.3) is 0 Å². The van der Waals surface area contributed by atoms with Crippen molar-refractivity contribution in [1.29, 1.82) is 0 Å². The molecule has 0 unspecified atom stereocenters. The Morgan fingerprint density at radius 2 is 2.00 bits per heavy atom. The van der Waals surface area contributed by atoms with Crippen LogP contribution in [0.25, 0.3) is 10.8 Å². The van der Waals surface area contributed by atoms with E-state index in [2.05, 4.69) is 11.1 Å². The van der Waals surface area contributed by atoms with E-state index in [1.54, 1.807) is 6.08 Å². The zero-order chi connectivity index (χ0) is 10.7. The van der Waals surface area contributed by atoms with Gasteiger partial charge in [0.15, 0.2) is 0 Å². The van der Waals surface area contributed by atoms with Gasteiger partial charge in [-0.3, -0.25) is 0 Å². The second-order valence-electron chi connectivity index (χ2n) is 3.35. The first kappa shape index (κ1) is 9.63. The van der Waals surface area contributed by atoms with Crippen LogP contribution >= 0.6 is 0 Å². The standard InChI is InChI=1S/C13H11NO/c1-2-10-7-8-11-5-3-4-6-12(11)13(10)14-9-15/h3-8H,2H2,1H3. The van der Waals surface area contributed by atoms with E-state index in [1.807, 2.05) is 37.3 Å². The van der Waals surface area contributed by atoms with E-state index >= 15 is 0 Å². The lowest BCUT2D eigenvalue weighted by Gasteiger charge is -2.05. The predicted octanol–water partition coefficient (Wildman–Crippen LogP) is 3.37. The minimum absolute atomic E-state index is 0.755. The summed E-state index contributed by atoms with van der Waals surface area (Å²) >= 11 is 0. The van der Waals surface area contributed by atoms with E-state index in [0.29, 0.717) is 0 Å². The van der Waals surface area contributed by atoms with Crippen LogP contribution in [0.2, 0.25) is 0 Å². The summed E-state index contributed by atoms with van der Waals surface area (Å²) in [5.41, 5.74) is 1.84. The fraction of sp³-hybridized carbons (Fsp3) is 0.154. The third kappa shape index (κ3) is 1.67. The summed E-state index contributed by atoms with van der Waals surface area (Å²) in [6, 6.07) is 12.0. The topological polar surface area (TPSA) is 29.4 Å². The number of rotatable bonds is 2. The van der Waals surface area contributed by atoms with Crippen molar-refractivity contribution in [1.82, 2.24) is 0 Å². The molecule has 0 aliphatic rings. The maximum atomic E-state index is 10.4. The molecule has 2 rings (SSSR count). The fourth-order valence-corrected chi connectivity index (χ4v) is 1.76. The molecule has 0 aromatic heterocycles. The Kier molecular flexibility index (Phi) is 2.61. The SMILES string of the molecule is CCc1ccc2ccccc2c1N=C=O. The van der Waals surface area contributed by atoms with Crippen LogP contribution in [-0.4, -0.2) is 6.08 Å². The van der Waals surface area contributed by atoms with E-state index in [-0.39, 0.29) is 0 Å². The van der Waals surface area contributed by atoms with Crippen LogP contribution in [-0.2, 0) is 11.2 Å². The third-order valence-electron chi connectivity index (χ3n) is 2.52. The number of carbonyl (C=O) groups excluding carboxylic acids is 1. The summed E-state index contributed by atoms with van der Waals surface area (Å²) in [5, 5.41) is 2.11. The number of benzene rings is 2. The number of fused-ring (bicyclic) bond motifs is 1. The summed E-state index contributed by atoms with van der Waals surface area (Å²) in [4.78, 5) is 14.2. The van der Waals surface area contributed by atoms with Gasteiger partial charge in [-0.2, -0.15) is 4.99 Å². The zero-order valence-electron chi connectivity index (χ0n) is 8.53. The van der Waals surface area contributed by atoms with E-state index in [0.717, 1.165) is 28.4 Å². The molecule has 0 spiro atoms. The highest BCUT2D eigenvalue weighted by Gasteiger charge is 2.04. The van der Waals surface area contributed by atoms with Gasteiger partial charge >= 0.3 is 0 Å². The van der Waals surface area contributed by atoms with Crippen molar-refractivity contribution in [2.45, 2.75) is 13.3 Å². The van der Waals surface area contributed by atoms with E-state index in [4.69, 9.17) is 0 Å². The lowest BCUT2D eigenvalue weighted by Crippen LogP contribution is -1.83. The Hall–Kier alpha value is -1.92. The van der Waals surface area contributed by atoms with Crippen molar-refractivity contribution in [3.05, 3.63) is 42.0 Å². The summed E-state index contributed by atoms with van der Waals surface area (Å²) in [7, 11) is 0. The number of hydrogen-bond donors (Lipinski definition) is 0. The minimum atomic E-state index is 0.755. The van der Waals surface area contributed by atoms with Crippen LogP contribution in [0.4, 0.5) is 5.69 Å². The average Bonchev–Trinajstić information content (AvgIpc) is 2.30. The van der Waals surface area contributed by atoms with Gasteiger partial charge in [0.05, 0.1) is 5.69 Å². The maximum Gasteiger partial charge on any atom is 0.240 e. The van der Waals surface area contributed by atoms with Crippen molar-refractivity contribution >= 4 is 22.5 Å². The third-order valence-corrected chi connectivity index (χ3v) is 2.52. The molecular weight excluding hydrogens is 186 g/mol. The largest absolute Gasteiger partial charge is 0.240 e. The first-order valence-electron chi connectivity index (χ1n) is 4.95. The molecule has 0 radical (unpaired) electrons. The smallest absolute Gasteiger partial charge is 0.211 e. The molecule has 0 bridgehead atoms. The van der Waals surface area contributed by atoms with E-state index in [9.17, 15) is 4.79 Å². The van der Waals surface area contributed by atoms with Gasteiger partial charge in [-0.25, -0.2) is 4.79 Å². The van der Waals surface area contributed by atoms with Gasteiger partial charge in [-0.05, 0) is 17.4 Å². The number of aliphatic imine (C=N–C) groups is 1. The molecule has 0 fully saturated rings. The van der Waals surface area contributed by atoms with Crippen LogP contribution in [0.1, 0.15) is 12.5 Å². The van der Waals surface area contributed by atoms with Gasteiger partial charge in [-0.1, -0.05) is 43.3 Å². The minimum Gasteiger partial charge on any atom is -0.211 e. The first-order chi connectivity index (χ1) is 7.36. The molecule has 0 aliphatic carbocycles. The summed E-state index contributed by atoms with van der Waals surface area (Å²) in [6.45, 7) is 2.05. The molecular formula is C13H11NO. The van der Waals surface area contributed by atoms with Gasteiger partial charge in [0, 0.05) is 5.39 Å². The van der Waals surface area contributed by atoms with E-state index in [1.165, 1.54) is 0 Å². The number of isocyanates is 1. The second kappa shape index (κ2) is 4.07. The second-order valence-corrected chi connectivity index (χ2v) is 3.35. The average molecular weight is 197 g/mol. The molecule has 0 saturated heterocycles. The molecule has 0 heterocycles. The normalized spacial score (nSPS) is 9.93. The molecule has 0 atom stereocenters. The number of nitrogens with zero attached hydrogens (tertiary/aromatic N) is 1. The molecule has 74 valence electrons. The highest BCUT2D eigenvalue weighted by Crippen LogP contribution is 2.29. The Labute approximate surface area is 88.3 Å². The van der Waals surface area contributed by atoms with Gasteiger partial charge < -0.3 is 0 Å². The van der Waals surface area contributed by atoms with Crippen molar-refractivity contribution < 1.29 is 4.79 Å². The van der Waals surface area contributed by atoms with Crippen LogP contribution in [0, 0.1) is 0 Å². The molecule has 15 heavy (non-hydrogen) atoms. The Morgan fingerprint density at radius 3 is 2.73 bits per heavy atom. The Bertz CT molecular complexity index is 539. The lowest BCUT2D eigenvalue weighted by molar-refractivity contribution is 0.565. The van der Waals surface area contributed by atoms with Crippen molar-refractivity contribution in [2.75, 3.05) is 0 Å². The lowest BCUT2D eigenvalue weighted by atomic mass is 10.0. The molecule has 2 aromatic carbocycles. The highest BCUT2D eigenvalue weighted by atomic mass is 16.1. The van der Waals surface area contributed by atoms with Crippen LogP contribution < -0.4 is 0 Å². The van der Waals surface area contributed by atoms with Crippen molar-refractivity contribution in [2.24, 2.45) is 4.99 Å². The van der Waals surface area contributed by atoms with Crippen molar-refractivity contribution in [3.8, 4) is 0 Å². The summed E-state index contributed by atoms with van der Waals surface area (Å²) in [5.74, 6) is 0. The molecule has 0 saturated carbocycles. The predicted molar refractivity (Wildman–Crippen MR) is 61.1 cm³/mol. The Balaban J connectivity index is 2.84. The molecule has 0 N–H and O–H groups in total. The summed E-state index contributed by atoms with van der Waals surface area (Å²) in [6.07, 6.45) is 2.49. The van der Waals surface area contributed by atoms with Gasteiger partial charge in [0.1, 0.15) is 0 Å². The van der Waals surface area contributed by atoms with Crippen LogP contribution in [0.15, 0.2) is 41.4 Å². The fourth-order valence-electron chi connectivity index (χ4n) is 1.76. The molecule has 2 nitrogen and oxygen atoms in total.